The Morgan fingerprint density at radius 1 is 0.951 bits per heavy atom. The van der Waals surface area contributed by atoms with Gasteiger partial charge in [-0.3, -0.25) is 24.0 Å². The number of hydrogen-bond acceptors (Lipinski definition) is 7. The molecule has 3 rings (SSSR count). The number of carbonyl (C=O) groups is 5. The molecule has 0 saturated carbocycles. The summed E-state index contributed by atoms with van der Waals surface area (Å²) in [7, 11) is 0. The van der Waals surface area contributed by atoms with E-state index in [-0.39, 0.29) is 51.0 Å². The summed E-state index contributed by atoms with van der Waals surface area (Å²) in [4.78, 5) is 55.6. The molecule has 11 nitrogen and oxygen atoms in total. The molecular weight excluding hydrogens is 554 g/mol. The van der Waals surface area contributed by atoms with Crippen molar-refractivity contribution >= 4 is 41.1 Å². The van der Waals surface area contributed by atoms with Crippen LogP contribution in [0.2, 0.25) is 5.02 Å². The molecule has 2 amide bonds. The van der Waals surface area contributed by atoms with Gasteiger partial charge in [0.1, 0.15) is 11.5 Å². The van der Waals surface area contributed by atoms with Gasteiger partial charge in [-0.1, -0.05) is 60.1 Å². The highest BCUT2D eigenvalue weighted by molar-refractivity contribution is 6.30. The van der Waals surface area contributed by atoms with E-state index in [1.165, 1.54) is 0 Å². The third kappa shape index (κ3) is 12.0. The predicted octanol–water partition coefficient (Wildman–Crippen LogP) is 4.12. The summed E-state index contributed by atoms with van der Waals surface area (Å²) in [5.74, 6) is -3.69. The van der Waals surface area contributed by atoms with Gasteiger partial charge in [-0.15, -0.1) is 0 Å². The van der Waals surface area contributed by atoms with Gasteiger partial charge in [-0.05, 0) is 29.7 Å². The maximum Gasteiger partial charge on any atom is 0.303 e. The highest BCUT2D eigenvalue weighted by atomic mass is 35.5. The van der Waals surface area contributed by atoms with Gasteiger partial charge in [0.05, 0.1) is 6.54 Å². The SMILES string of the molecule is CCC(=O)O.NC(=O)[C@@H](CCC(=O)O)CC(=O)CNC(=O)CCc1cc(-c2ccc(-c3cccc(Cl)c3)cc2)no1. The standard InChI is InChI=1S/C26H26ClN3O6.C3H6O2/c27-20-3-1-2-18(12-20)16-4-6-17(7-5-16)23-14-22(36-30-23)9-10-24(32)29-15-21(31)13-19(26(28)35)8-11-25(33)34;1-2-3(4)5/h1-7,12,14,19H,8-11,13,15H2,(H2,28,35)(H,29,32)(H,33,34);2H2,1H3,(H,4,5)/t19-;/m0./s1. The normalized spacial score (nSPS) is 11.1. The van der Waals surface area contributed by atoms with Crippen molar-refractivity contribution in [1.82, 2.24) is 10.5 Å². The van der Waals surface area contributed by atoms with Crippen LogP contribution in [0.25, 0.3) is 22.4 Å². The van der Waals surface area contributed by atoms with Gasteiger partial charge in [-0.2, -0.15) is 0 Å². The Bertz CT molecular complexity index is 1350. The Hall–Kier alpha value is -4.51. The van der Waals surface area contributed by atoms with E-state index in [0.29, 0.717) is 16.5 Å². The van der Waals surface area contributed by atoms with E-state index in [1.807, 2.05) is 48.5 Å². The van der Waals surface area contributed by atoms with E-state index < -0.39 is 29.5 Å². The minimum Gasteiger partial charge on any atom is -0.481 e. The van der Waals surface area contributed by atoms with Crippen LogP contribution in [0.5, 0.6) is 0 Å². The third-order valence-electron chi connectivity index (χ3n) is 5.86. The Kier molecular flexibility index (Phi) is 13.2. The molecule has 41 heavy (non-hydrogen) atoms. The molecule has 3 aromatic rings. The number of aliphatic carboxylic acids is 2. The number of aromatic nitrogens is 1. The Labute approximate surface area is 241 Å². The molecule has 5 N–H and O–H groups in total. The van der Waals surface area contributed by atoms with E-state index in [2.05, 4.69) is 10.5 Å². The first-order valence-electron chi connectivity index (χ1n) is 12.8. The fraction of sp³-hybridized carbons (Fsp3) is 0.310. The van der Waals surface area contributed by atoms with Gasteiger partial charge in [0.2, 0.25) is 11.8 Å². The average molecular weight is 586 g/mol. The monoisotopic (exact) mass is 585 g/mol. The smallest absolute Gasteiger partial charge is 0.303 e. The number of primary amides is 1. The number of carbonyl (C=O) groups excluding carboxylic acids is 3. The first kappa shape index (κ1) is 32.7. The van der Waals surface area contributed by atoms with Crippen molar-refractivity contribution in [2.24, 2.45) is 11.7 Å². The van der Waals surface area contributed by atoms with Crippen molar-refractivity contribution < 1.29 is 38.7 Å². The van der Waals surface area contributed by atoms with Crippen molar-refractivity contribution in [3.63, 3.8) is 0 Å². The van der Waals surface area contributed by atoms with Crippen molar-refractivity contribution in [3.05, 3.63) is 65.4 Å². The van der Waals surface area contributed by atoms with E-state index >= 15 is 0 Å². The van der Waals surface area contributed by atoms with Gasteiger partial charge in [0.15, 0.2) is 5.78 Å². The van der Waals surface area contributed by atoms with E-state index in [0.717, 1.165) is 16.7 Å². The molecule has 0 aliphatic rings. The van der Waals surface area contributed by atoms with E-state index in [1.54, 1.807) is 13.0 Å². The zero-order valence-corrected chi connectivity index (χ0v) is 23.2. The molecule has 0 aliphatic heterocycles. The Morgan fingerprint density at radius 2 is 1.61 bits per heavy atom. The predicted molar refractivity (Wildman–Crippen MR) is 151 cm³/mol. The maximum absolute atomic E-state index is 12.1. The second-order valence-electron chi connectivity index (χ2n) is 9.06. The molecule has 0 fully saturated rings. The zero-order valence-electron chi connectivity index (χ0n) is 22.5. The number of nitrogens with zero attached hydrogens (tertiary/aromatic N) is 1. The molecule has 0 bridgehead atoms. The van der Waals surface area contributed by atoms with Crippen molar-refractivity contribution in [3.8, 4) is 22.4 Å². The van der Waals surface area contributed by atoms with Crippen LogP contribution in [0.4, 0.5) is 0 Å². The van der Waals surface area contributed by atoms with Crippen LogP contribution in [0.1, 0.15) is 44.8 Å². The van der Waals surface area contributed by atoms with E-state index in [4.69, 9.17) is 32.1 Å². The molecule has 1 atom stereocenters. The summed E-state index contributed by atoms with van der Waals surface area (Å²) in [5.41, 5.74) is 8.74. The second kappa shape index (κ2) is 16.6. The number of ketones is 1. The molecule has 218 valence electrons. The van der Waals surface area contributed by atoms with Gasteiger partial charge in [0, 0.05) is 54.7 Å². The summed E-state index contributed by atoms with van der Waals surface area (Å²) >= 11 is 6.06. The van der Waals surface area contributed by atoms with Crippen LogP contribution >= 0.6 is 11.6 Å². The Balaban J connectivity index is 0.00000108. The van der Waals surface area contributed by atoms with Crippen LogP contribution in [-0.2, 0) is 30.4 Å². The first-order valence-corrected chi connectivity index (χ1v) is 13.2. The molecular formula is C29H32ClN3O8. The number of nitrogens with one attached hydrogen (secondary N) is 1. The van der Waals surface area contributed by atoms with Crippen molar-refractivity contribution in [2.75, 3.05) is 6.54 Å². The average Bonchev–Trinajstić information content (AvgIpc) is 3.42. The van der Waals surface area contributed by atoms with Crippen LogP contribution in [0.15, 0.2) is 59.1 Å². The molecule has 0 radical (unpaired) electrons. The van der Waals surface area contributed by atoms with Crippen LogP contribution in [-0.4, -0.2) is 51.5 Å². The maximum atomic E-state index is 12.1. The summed E-state index contributed by atoms with van der Waals surface area (Å²) in [6.07, 6.45) is 0.0778. The van der Waals surface area contributed by atoms with Crippen molar-refractivity contribution in [1.29, 1.82) is 0 Å². The largest absolute Gasteiger partial charge is 0.481 e. The lowest BCUT2D eigenvalue weighted by molar-refractivity contribution is -0.138. The molecule has 0 unspecified atom stereocenters. The van der Waals surface area contributed by atoms with Gasteiger partial charge in [-0.25, -0.2) is 0 Å². The summed E-state index contributed by atoms with van der Waals surface area (Å²) in [6.45, 7) is 1.33. The lowest BCUT2D eigenvalue weighted by Gasteiger charge is -2.11. The lowest BCUT2D eigenvalue weighted by Crippen LogP contribution is -2.33. The molecule has 1 heterocycles. The van der Waals surface area contributed by atoms with Gasteiger partial charge < -0.3 is 25.8 Å². The highest BCUT2D eigenvalue weighted by Gasteiger charge is 2.21. The number of amides is 2. The van der Waals surface area contributed by atoms with Crippen molar-refractivity contribution in [2.45, 2.75) is 45.4 Å². The second-order valence-corrected chi connectivity index (χ2v) is 9.50. The topological polar surface area (TPSA) is 190 Å². The highest BCUT2D eigenvalue weighted by Crippen LogP contribution is 2.26. The van der Waals surface area contributed by atoms with E-state index in [9.17, 15) is 24.0 Å². The molecule has 0 saturated heterocycles. The summed E-state index contributed by atoms with van der Waals surface area (Å²) in [6, 6.07) is 17.1. The number of nitrogens with two attached hydrogens (primary N) is 1. The zero-order chi connectivity index (χ0) is 30.4. The molecule has 0 aliphatic carbocycles. The number of halogens is 1. The fourth-order valence-electron chi connectivity index (χ4n) is 3.58. The minimum atomic E-state index is -1.08. The third-order valence-corrected chi connectivity index (χ3v) is 6.10. The number of carboxylic acid groups (broad SMARTS) is 2. The number of benzene rings is 2. The number of rotatable bonds is 14. The summed E-state index contributed by atoms with van der Waals surface area (Å²) < 4.78 is 5.34. The molecule has 1 aromatic heterocycles. The van der Waals surface area contributed by atoms with Gasteiger partial charge >= 0.3 is 11.9 Å². The molecule has 12 heteroatoms. The van der Waals surface area contributed by atoms with Crippen LogP contribution < -0.4 is 11.1 Å². The fourth-order valence-corrected chi connectivity index (χ4v) is 3.77. The quantitative estimate of drug-likeness (QED) is 0.215. The molecule has 2 aromatic carbocycles. The minimum absolute atomic E-state index is 0.0263. The van der Waals surface area contributed by atoms with Gasteiger partial charge in [0.25, 0.3) is 0 Å². The number of carboxylic acids is 2. The number of hydrogen-bond donors (Lipinski definition) is 4. The summed E-state index contributed by atoms with van der Waals surface area (Å²) in [5, 5.41) is 23.7. The number of aryl methyl sites for hydroxylation is 1. The van der Waals surface area contributed by atoms with Crippen LogP contribution in [0.3, 0.4) is 0 Å². The Morgan fingerprint density at radius 3 is 2.20 bits per heavy atom. The lowest BCUT2D eigenvalue weighted by atomic mass is 9.96. The first-order chi connectivity index (χ1) is 19.5. The van der Waals surface area contributed by atoms with Crippen LogP contribution in [0, 0.1) is 5.92 Å². The number of Topliss-reactive ketones (excluding diaryl/α,β-unsaturated/α-hetero) is 1. The molecule has 0 spiro atoms.